The third-order valence-electron chi connectivity index (χ3n) is 0.756. The Morgan fingerprint density at radius 3 is 2.00 bits per heavy atom. The standard InChI is InChI=1S/C6H10N/c1-4-5(2)6(3)7/h1-4,7H2/q+1. The lowest BCUT2D eigenvalue weighted by Crippen LogP contribution is -1.95. The highest BCUT2D eigenvalue weighted by Gasteiger charge is 1.91. The Hall–Kier alpha value is -0.850. The molecule has 0 spiro atoms. The van der Waals surface area contributed by atoms with E-state index in [9.17, 15) is 0 Å². The molecule has 7 heavy (non-hydrogen) atoms. The molecule has 0 saturated carbocycles. The van der Waals surface area contributed by atoms with E-state index in [1.807, 2.05) is 0 Å². The van der Waals surface area contributed by atoms with Gasteiger partial charge in [0.25, 0.3) is 0 Å². The first-order valence-corrected chi connectivity index (χ1v) is 2.10. The van der Waals surface area contributed by atoms with E-state index in [0.29, 0.717) is 12.1 Å². The van der Waals surface area contributed by atoms with Gasteiger partial charge in [-0.3, -0.25) is 0 Å². The quantitative estimate of drug-likeness (QED) is 0.406. The van der Waals surface area contributed by atoms with Crippen molar-refractivity contribution in [3.8, 4) is 0 Å². The van der Waals surface area contributed by atoms with Crippen LogP contribution in [0.2, 0.25) is 0 Å². The lowest BCUT2D eigenvalue weighted by atomic mass is 10.2. The summed E-state index contributed by atoms with van der Waals surface area (Å²) in [5.41, 5.74) is 6.57. The first kappa shape index (κ1) is 6.15. The van der Waals surface area contributed by atoms with Crippen molar-refractivity contribution in [2.75, 3.05) is 0 Å². The second-order valence-corrected chi connectivity index (χ2v) is 1.38. The van der Waals surface area contributed by atoms with Gasteiger partial charge in [0.15, 0.2) is 0 Å². The zero-order valence-corrected chi connectivity index (χ0v) is 4.41. The van der Waals surface area contributed by atoms with Gasteiger partial charge in [-0.15, -0.1) is 0 Å². The highest BCUT2D eigenvalue weighted by Crippen LogP contribution is 2.00. The van der Waals surface area contributed by atoms with Crippen LogP contribution in [0.25, 0.3) is 0 Å². The Bertz CT molecular complexity index is 92.4. The number of hydrogen-bond donors (Lipinski definition) is 1. The fraction of sp³-hybridized carbons (Fsp3) is 0.167. The summed E-state index contributed by atoms with van der Waals surface area (Å²) in [5.74, 6) is 0. The summed E-state index contributed by atoms with van der Waals surface area (Å²) >= 11 is 0. The van der Waals surface area contributed by atoms with Crippen LogP contribution in [0.1, 0.15) is 6.42 Å². The fourth-order valence-corrected chi connectivity index (χ4v) is 0.161. The topological polar surface area (TPSA) is 26.0 Å². The number of rotatable bonds is 2. The van der Waals surface area contributed by atoms with Crippen LogP contribution in [-0.4, -0.2) is 0 Å². The minimum absolute atomic E-state index is 0.537. The van der Waals surface area contributed by atoms with Gasteiger partial charge in [0.1, 0.15) is 6.42 Å². The molecule has 0 aromatic heterocycles. The van der Waals surface area contributed by atoms with Gasteiger partial charge < -0.3 is 5.73 Å². The molecule has 0 rings (SSSR count). The summed E-state index contributed by atoms with van der Waals surface area (Å²) in [5, 5.41) is 0. The SMILES string of the molecule is C=C(N)C(=C)C[CH2+]. The highest BCUT2D eigenvalue weighted by atomic mass is 14.6. The lowest BCUT2D eigenvalue weighted by Gasteiger charge is -1.91. The summed E-state index contributed by atoms with van der Waals surface area (Å²) in [6.07, 6.45) is 0.648. The van der Waals surface area contributed by atoms with Crippen LogP contribution in [0.4, 0.5) is 0 Å². The van der Waals surface area contributed by atoms with Gasteiger partial charge in [0, 0.05) is 11.3 Å². The molecule has 0 aliphatic heterocycles. The van der Waals surface area contributed by atoms with Crippen LogP contribution in [0.15, 0.2) is 24.4 Å². The largest absolute Gasteiger partial charge is 0.399 e. The predicted octanol–water partition coefficient (Wildman–Crippen LogP) is 1.24. The molecule has 1 heteroatoms. The molecule has 1 nitrogen and oxygen atoms in total. The monoisotopic (exact) mass is 96.1 g/mol. The average Bonchev–Trinajstić information content (AvgIpc) is 1.65. The Morgan fingerprint density at radius 1 is 1.57 bits per heavy atom. The van der Waals surface area contributed by atoms with E-state index in [1.165, 1.54) is 0 Å². The summed E-state index contributed by atoms with van der Waals surface area (Å²) < 4.78 is 0. The highest BCUT2D eigenvalue weighted by molar-refractivity contribution is 5.21. The van der Waals surface area contributed by atoms with Gasteiger partial charge in [0.2, 0.25) is 0 Å². The predicted molar refractivity (Wildman–Crippen MR) is 32.4 cm³/mol. The molecule has 0 unspecified atom stereocenters. The molecule has 0 heterocycles. The van der Waals surface area contributed by atoms with Crippen LogP contribution in [-0.2, 0) is 0 Å². The Morgan fingerprint density at radius 2 is 2.00 bits per heavy atom. The van der Waals surface area contributed by atoms with Crippen molar-refractivity contribution in [3.63, 3.8) is 0 Å². The summed E-state index contributed by atoms with van der Waals surface area (Å²) in [6, 6.07) is 0. The van der Waals surface area contributed by atoms with Crippen molar-refractivity contribution < 1.29 is 0 Å². The van der Waals surface area contributed by atoms with Crippen molar-refractivity contribution in [1.29, 1.82) is 0 Å². The second kappa shape index (κ2) is 2.35. The summed E-state index contributed by atoms with van der Waals surface area (Å²) in [7, 11) is 0. The van der Waals surface area contributed by atoms with Crippen molar-refractivity contribution in [1.82, 2.24) is 0 Å². The van der Waals surface area contributed by atoms with E-state index in [1.54, 1.807) is 0 Å². The molecule has 0 amide bonds. The van der Waals surface area contributed by atoms with E-state index < -0.39 is 0 Å². The zero-order valence-electron chi connectivity index (χ0n) is 4.41. The third kappa shape index (κ3) is 1.93. The van der Waals surface area contributed by atoms with Gasteiger partial charge in [-0.1, -0.05) is 13.2 Å². The molecule has 0 bridgehead atoms. The third-order valence-corrected chi connectivity index (χ3v) is 0.756. The fourth-order valence-electron chi connectivity index (χ4n) is 0.161. The van der Waals surface area contributed by atoms with Crippen LogP contribution in [0.5, 0.6) is 0 Å². The molecule has 0 aromatic rings. The molecule has 0 fully saturated rings. The van der Waals surface area contributed by atoms with E-state index in [0.717, 1.165) is 5.57 Å². The maximum absolute atomic E-state index is 5.21. The number of hydrogen-bond acceptors (Lipinski definition) is 1. The van der Waals surface area contributed by atoms with Crippen LogP contribution in [0, 0.1) is 6.92 Å². The normalized spacial score (nSPS) is 8.00. The van der Waals surface area contributed by atoms with Crippen LogP contribution >= 0.6 is 0 Å². The van der Waals surface area contributed by atoms with E-state index in [2.05, 4.69) is 20.1 Å². The molecule has 0 saturated heterocycles. The minimum Gasteiger partial charge on any atom is -0.399 e. The molecular formula is C6H10N+. The van der Waals surface area contributed by atoms with Gasteiger partial charge in [-0.25, -0.2) is 0 Å². The van der Waals surface area contributed by atoms with E-state index in [4.69, 9.17) is 5.73 Å². The smallest absolute Gasteiger partial charge is 0.111 e. The van der Waals surface area contributed by atoms with Crippen LogP contribution < -0.4 is 5.73 Å². The molecule has 0 atom stereocenters. The maximum Gasteiger partial charge on any atom is 0.111 e. The first-order valence-electron chi connectivity index (χ1n) is 2.10. The Labute approximate surface area is 44.5 Å². The van der Waals surface area contributed by atoms with Crippen molar-refractivity contribution in [2.45, 2.75) is 6.42 Å². The average molecular weight is 96.2 g/mol. The van der Waals surface area contributed by atoms with Gasteiger partial charge in [-0.2, -0.15) is 0 Å². The first-order chi connectivity index (χ1) is 3.18. The molecule has 0 aliphatic carbocycles. The van der Waals surface area contributed by atoms with Gasteiger partial charge in [-0.05, 0) is 0 Å². The van der Waals surface area contributed by atoms with Crippen LogP contribution in [0.3, 0.4) is 0 Å². The molecule has 0 aliphatic rings. The van der Waals surface area contributed by atoms with Crippen molar-refractivity contribution in [3.05, 3.63) is 31.4 Å². The minimum atomic E-state index is 0.537. The number of allylic oxidation sites excluding steroid dienone is 1. The zero-order chi connectivity index (χ0) is 5.86. The number of nitrogens with two attached hydrogens (primary N) is 1. The second-order valence-electron chi connectivity index (χ2n) is 1.38. The Balaban J connectivity index is 3.58. The van der Waals surface area contributed by atoms with E-state index >= 15 is 0 Å². The van der Waals surface area contributed by atoms with Crippen molar-refractivity contribution in [2.24, 2.45) is 5.73 Å². The van der Waals surface area contributed by atoms with Gasteiger partial charge in [0.05, 0.1) is 6.92 Å². The molecule has 38 valence electrons. The molecular weight excluding hydrogens is 86.1 g/mol. The van der Waals surface area contributed by atoms with Gasteiger partial charge >= 0.3 is 0 Å². The Kier molecular flexibility index (Phi) is 2.06. The van der Waals surface area contributed by atoms with Crippen molar-refractivity contribution >= 4 is 0 Å². The lowest BCUT2D eigenvalue weighted by molar-refractivity contribution is 1.20. The summed E-state index contributed by atoms with van der Waals surface area (Å²) in [6.45, 7) is 10.6. The molecule has 2 N–H and O–H groups in total. The summed E-state index contributed by atoms with van der Waals surface area (Å²) in [4.78, 5) is 0. The van der Waals surface area contributed by atoms with E-state index in [-0.39, 0.29) is 0 Å². The molecule has 0 aromatic carbocycles. The molecule has 0 radical (unpaired) electrons. The maximum atomic E-state index is 5.21.